The van der Waals surface area contributed by atoms with Crippen LogP contribution >= 0.6 is 0 Å². The van der Waals surface area contributed by atoms with Crippen LogP contribution in [0.15, 0.2) is 12.4 Å². The summed E-state index contributed by atoms with van der Waals surface area (Å²) in [6.45, 7) is 0. The fraction of sp³-hybridized carbons (Fsp3) is 0.824. The molecule has 0 spiro atoms. The van der Waals surface area contributed by atoms with E-state index in [0.29, 0.717) is 6.04 Å². The number of hydrazine groups is 1. The zero-order chi connectivity index (χ0) is 14.4. The summed E-state index contributed by atoms with van der Waals surface area (Å²) in [4.78, 5) is 4.45. The molecule has 0 radical (unpaired) electrons. The average molecular weight is 288 g/mol. The summed E-state index contributed by atoms with van der Waals surface area (Å²) < 4.78 is 2.13. The van der Waals surface area contributed by atoms with Crippen molar-refractivity contribution in [3.63, 3.8) is 0 Å². The first-order chi connectivity index (χ1) is 10.2. The van der Waals surface area contributed by atoms with Crippen LogP contribution in [0, 0.1) is 29.6 Å². The number of nitrogens with zero attached hydrogens (tertiary/aromatic N) is 2. The molecule has 1 aromatic rings. The van der Waals surface area contributed by atoms with Gasteiger partial charge >= 0.3 is 0 Å². The molecule has 1 aromatic heterocycles. The minimum Gasteiger partial charge on any atom is -0.338 e. The molecule has 1 atom stereocenters. The second-order valence-electron chi connectivity index (χ2n) is 7.77. The van der Waals surface area contributed by atoms with Gasteiger partial charge in [0.1, 0.15) is 5.82 Å². The van der Waals surface area contributed by atoms with Crippen LogP contribution in [-0.4, -0.2) is 15.6 Å². The zero-order valence-electron chi connectivity index (χ0n) is 13.0. The van der Waals surface area contributed by atoms with Crippen LogP contribution in [-0.2, 0) is 13.5 Å². The molecule has 4 nitrogen and oxygen atoms in total. The maximum absolute atomic E-state index is 5.95. The molecule has 4 fully saturated rings. The van der Waals surface area contributed by atoms with Crippen molar-refractivity contribution >= 4 is 0 Å². The Morgan fingerprint density at radius 1 is 1.24 bits per heavy atom. The molecule has 0 aliphatic heterocycles. The van der Waals surface area contributed by atoms with E-state index >= 15 is 0 Å². The lowest BCUT2D eigenvalue weighted by Crippen LogP contribution is -2.54. The van der Waals surface area contributed by atoms with Crippen molar-refractivity contribution < 1.29 is 0 Å². The van der Waals surface area contributed by atoms with E-state index in [1.54, 1.807) is 0 Å². The van der Waals surface area contributed by atoms with Crippen LogP contribution < -0.4 is 11.3 Å². The summed E-state index contributed by atoms with van der Waals surface area (Å²) in [6.07, 6.45) is 13.5. The number of hydrogen-bond donors (Lipinski definition) is 2. The van der Waals surface area contributed by atoms with Crippen molar-refractivity contribution in [1.29, 1.82) is 0 Å². The van der Waals surface area contributed by atoms with E-state index in [1.807, 2.05) is 12.4 Å². The first kappa shape index (κ1) is 13.8. The molecule has 4 aliphatic carbocycles. The molecule has 4 aliphatic rings. The summed E-state index contributed by atoms with van der Waals surface area (Å²) in [7, 11) is 2.08. The predicted molar refractivity (Wildman–Crippen MR) is 83.2 cm³/mol. The molecule has 21 heavy (non-hydrogen) atoms. The Morgan fingerprint density at radius 3 is 2.43 bits per heavy atom. The van der Waals surface area contributed by atoms with E-state index in [2.05, 4.69) is 22.0 Å². The highest BCUT2D eigenvalue weighted by Gasteiger charge is 2.50. The van der Waals surface area contributed by atoms with E-state index in [0.717, 1.165) is 42.4 Å². The molecule has 116 valence electrons. The number of nitrogens with two attached hydrogens (primary N) is 1. The van der Waals surface area contributed by atoms with Gasteiger partial charge < -0.3 is 4.57 Å². The van der Waals surface area contributed by atoms with E-state index in [4.69, 9.17) is 5.84 Å². The summed E-state index contributed by atoms with van der Waals surface area (Å²) in [5.41, 5.74) is 3.17. The normalized spacial score (nSPS) is 38.9. The highest BCUT2D eigenvalue weighted by Crippen LogP contribution is 2.57. The van der Waals surface area contributed by atoms with Gasteiger partial charge in [-0.1, -0.05) is 0 Å². The quantitative estimate of drug-likeness (QED) is 0.645. The number of aryl methyl sites for hydroxylation is 2. The Bertz CT molecular complexity index is 467. The largest absolute Gasteiger partial charge is 0.338 e. The lowest BCUT2D eigenvalue weighted by molar-refractivity contribution is -0.0529. The Morgan fingerprint density at radius 2 is 1.90 bits per heavy atom. The van der Waals surface area contributed by atoms with Gasteiger partial charge in [-0.15, -0.1) is 0 Å². The maximum Gasteiger partial charge on any atom is 0.108 e. The second-order valence-corrected chi connectivity index (χ2v) is 7.77. The van der Waals surface area contributed by atoms with Gasteiger partial charge in [0.05, 0.1) is 0 Å². The van der Waals surface area contributed by atoms with Gasteiger partial charge in [-0.25, -0.2) is 4.98 Å². The number of aromatic nitrogens is 2. The van der Waals surface area contributed by atoms with Crippen LogP contribution in [0.4, 0.5) is 0 Å². The number of rotatable bonds is 5. The van der Waals surface area contributed by atoms with E-state index in [1.165, 1.54) is 37.9 Å². The molecule has 1 unspecified atom stereocenters. The molecule has 5 rings (SSSR count). The Balaban J connectivity index is 1.45. The minimum atomic E-state index is 0.469. The Hall–Kier alpha value is -0.870. The van der Waals surface area contributed by atoms with Crippen molar-refractivity contribution in [2.45, 2.75) is 51.0 Å². The van der Waals surface area contributed by atoms with Gasteiger partial charge in [-0.2, -0.15) is 0 Å². The zero-order valence-corrected chi connectivity index (χ0v) is 13.0. The standard InChI is InChI=1S/C17H28N4/c1-21-5-4-19-16(21)3-2-15(20-18)17-13-7-11-6-12(9-13)10-14(17)8-11/h4-5,11-15,17,20H,2-3,6-10,18H2,1H3. The SMILES string of the molecule is Cn1ccnc1CCC(NN)C1C2CC3CC(C2)CC1C3. The summed E-state index contributed by atoms with van der Waals surface area (Å²) in [6, 6.07) is 0.469. The molecule has 4 heteroatoms. The van der Waals surface area contributed by atoms with Crippen molar-refractivity contribution in [2.75, 3.05) is 0 Å². The number of imidazole rings is 1. The Labute approximate surface area is 127 Å². The van der Waals surface area contributed by atoms with E-state index in [9.17, 15) is 0 Å². The van der Waals surface area contributed by atoms with Gasteiger partial charge in [0, 0.05) is 31.9 Å². The lowest BCUT2D eigenvalue weighted by atomic mass is 9.50. The van der Waals surface area contributed by atoms with Gasteiger partial charge in [0.25, 0.3) is 0 Å². The molecule has 4 bridgehead atoms. The molecule has 4 saturated carbocycles. The Kier molecular flexibility index (Phi) is 3.54. The van der Waals surface area contributed by atoms with Gasteiger partial charge in [0.15, 0.2) is 0 Å². The topological polar surface area (TPSA) is 55.9 Å². The molecular formula is C17H28N4. The van der Waals surface area contributed by atoms with Gasteiger partial charge in [0.2, 0.25) is 0 Å². The van der Waals surface area contributed by atoms with Gasteiger partial charge in [-0.3, -0.25) is 11.3 Å². The smallest absolute Gasteiger partial charge is 0.108 e. The van der Waals surface area contributed by atoms with Gasteiger partial charge in [-0.05, 0) is 68.1 Å². The first-order valence-corrected chi connectivity index (χ1v) is 8.67. The fourth-order valence-electron chi connectivity index (χ4n) is 5.93. The molecule has 3 N–H and O–H groups in total. The van der Waals surface area contributed by atoms with E-state index in [-0.39, 0.29) is 0 Å². The minimum absolute atomic E-state index is 0.469. The summed E-state index contributed by atoms with van der Waals surface area (Å²) >= 11 is 0. The third kappa shape index (κ3) is 2.42. The summed E-state index contributed by atoms with van der Waals surface area (Å²) in [5, 5.41) is 0. The van der Waals surface area contributed by atoms with Crippen LogP contribution in [0.5, 0.6) is 0 Å². The van der Waals surface area contributed by atoms with Crippen molar-refractivity contribution in [2.24, 2.45) is 42.5 Å². The number of hydrogen-bond acceptors (Lipinski definition) is 3. The highest BCUT2D eigenvalue weighted by atomic mass is 15.2. The predicted octanol–water partition coefficient (Wildman–Crippen LogP) is 2.26. The van der Waals surface area contributed by atoms with E-state index < -0.39 is 0 Å². The van der Waals surface area contributed by atoms with Crippen molar-refractivity contribution in [3.8, 4) is 0 Å². The monoisotopic (exact) mass is 288 g/mol. The molecule has 1 heterocycles. The molecule has 0 saturated heterocycles. The highest BCUT2D eigenvalue weighted by molar-refractivity contribution is 5.02. The van der Waals surface area contributed by atoms with Crippen LogP contribution in [0.3, 0.4) is 0 Å². The van der Waals surface area contributed by atoms with Crippen molar-refractivity contribution in [3.05, 3.63) is 18.2 Å². The third-order valence-corrected chi connectivity index (χ3v) is 6.58. The fourth-order valence-corrected chi connectivity index (χ4v) is 5.93. The van der Waals surface area contributed by atoms with Crippen LogP contribution in [0.1, 0.15) is 44.3 Å². The number of nitrogens with one attached hydrogen (secondary N) is 1. The van der Waals surface area contributed by atoms with Crippen LogP contribution in [0.2, 0.25) is 0 Å². The molecular weight excluding hydrogens is 260 g/mol. The van der Waals surface area contributed by atoms with Crippen LogP contribution in [0.25, 0.3) is 0 Å². The average Bonchev–Trinajstić information content (AvgIpc) is 2.86. The second kappa shape index (κ2) is 5.40. The third-order valence-electron chi connectivity index (χ3n) is 6.58. The maximum atomic E-state index is 5.95. The summed E-state index contributed by atoms with van der Waals surface area (Å²) in [5.74, 6) is 11.9. The molecule has 0 amide bonds. The lowest BCUT2D eigenvalue weighted by Gasteiger charge is -2.56. The van der Waals surface area contributed by atoms with Crippen molar-refractivity contribution in [1.82, 2.24) is 15.0 Å². The molecule has 0 aromatic carbocycles. The first-order valence-electron chi connectivity index (χ1n) is 8.67.